The molecule has 0 aliphatic carbocycles. The Bertz CT molecular complexity index is 1260. The normalized spacial score (nSPS) is 17.3. The van der Waals surface area contributed by atoms with Crippen molar-refractivity contribution in [3.8, 4) is 11.5 Å². The molecule has 0 saturated carbocycles. The molecule has 1 N–H and O–H groups in total. The summed E-state index contributed by atoms with van der Waals surface area (Å²) in [5.41, 5.74) is 1.07. The summed E-state index contributed by atoms with van der Waals surface area (Å²) < 4.78 is 10.6. The fourth-order valence-corrected chi connectivity index (χ4v) is 4.12. The van der Waals surface area contributed by atoms with Crippen molar-refractivity contribution in [2.75, 3.05) is 19.1 Å². The van der Waals surface area contributed by atoms with Crippen LogP contribution in [0.2, 0.25) is 10.0 Å². The van der Waals surface area contributed by atoms with Gasteiger partial charge in [0.15, 0.2) is 0 Å². The monoisotopic (exact) mass is 484 g/mol. The van der Waals surface area contributed by atoms with E-state index in [1.807, 2.05) is 0 Å². The zero-order valence-corrected chi connectivity index (χ0v) is 19.1. The third kappa shape index (κ3) is 4.01. The van der Waals surface area contributed by atoms with Crippen LogP contribution in [-0.2, 0) is 9.59 Å². The number of nitrogens with zero attached hydrogens (tertiary/aromatic N) is 2. The second kappa shape index (κ2) is 9.13. The van der Waals surface area contributed by atoms with E-state index in [2.05, 4.69) is 4.98 Å². The first kappa shape index (κ1) is 22.6. The van der Waals surface area contributed by atoms with E-state index in [1.54, 1.807) is 48.8 Å². The number of methoxy groups -OCH3 is 2. The van der Waals surface area contributed by atoms with Crippen molar-refractivity contribution >= 4 is 46.3 Å². The topological polar surface area (TPSA) is 89.0 Å². The Morgan fingerprint density at radius 1 is 0.970 bits per heavy atom. The number of aromatic nitrogens is 1. The van der Waals surface area contributed by atoms with Crippen molar-refractivity contribution in [3.63, 3.8) is 0 Å². The number of halogens is 2. The van der Waals surface area contributed by atoms with Crippen LogP contribution < -0.4 is 14.4 Å². The lowest BCUT2D eigenvalue weighted by Crippen LogP contribution is -2.29. The lowest BCUT2D eigenvalue weighted by atomic mass is 9.95. The molecule has 1 unspecified atom stereocenters. The van der Waals surface area contributed by atoms with Gasteiger partial charge in [0.05, 0.1) is 36.4 Å². The number of aliphatic hydroxyl groups excluding tert-OH is 1. The van der Waals surface area contributed by atoms with Gasteiger partial charge in [-0.25, -0.2) is 0 Å². The second-order valence-electron chi connectivity index (χ2n) is 7.11. The molecule has 1 aliphatic rings. The summed E-state index contributed by atoms with van der Waals surface area (Å²) >= 11 is 12.3. The summed E-state index contributed by atoms with van der Waals surface area (Å²) in [4.78, 5) is 31.7. The van der Waals surface area contributed by atoms with E-state index in [4.69, 9.17) is 32.7 Å². The number of hydrogen-bond donors (Lipinski definition) is 1. The van der Waals surface area contributed by atoms with Crippen molar-refractivity contribution in [2.45, 2.75) is 6.04 Å². The first-order chi connectivity index (χ1) is 15.9. The number of hydrogen-bond acceptors (Lipinski definition) is 6. The van der Waals surface area contributed by atoms with E-state index in [1.165, 1.54) is 31.3 Å². The van der Waals surface area contributed by atoms with Crippen LogP contribution in [-0.4, -0.2) is 36.0 Å². The standard InChI is InChI=1S/C24H18Cl2N2O5/c1-32-18-12-19(33-2)17(26)11-16(18)22(29)20-21(13-7-9-27-10-8-13)28(24(31)23(20)30)15-5-3-14(25)4-6-15/h3-12,21,29H,1-2H3/b22-20+. The van der Waals surface area contributed by atoms with Crippen molar-refractivity contribution in [3.05, 3.63) is 87.7 Å². The minimum Gasteiger partial charge on any atom is -0.507 e. The zero-order valence-electron chi connectivity index (χ0n) is 17.6. The number of anilines is 1. The highest BCUT2D eigenvalue weighted by Crippen LogP contribution is 2.44. The van der Waals surface area contributed by atoms with Crippen LogP contribution in [0, 0.1) is 0 Å². The summed E-state index contributed by atoms with van der Waals surface area (Å²) in [6.07, 6.45) is 3.09. The number of benzene rings is 2. The molecule has 168 valence electrons. The molecule has 2 aromatic carbocycles. The third-order valence-corrected chi connectivity index (χ3v) is 5.85. The van der Waals surface area contributed by atoms with E-state index >= 15 is 0 Å². The average molecular weight is 485 g/mol. The molecule has 9 heteroatoms. The molecule has 1 fully saturated rings. The van der Waals surface area contributed by atoms with Crippen molar-refractivity contribution in [2.24, 2.45) is 0 Å². The summed E-state index contributed by atoms with van der Waals surface area (Å²) in [7, 11) is 2.85. The SMILES string of the molecule is COc1cc(OC)c(/C(O)=C2\C(=O)C(=O)N(c3ccc(Cl)cc3)C2c2ccncc2)cc1Cl. The number of Topliss-reactive ketones (excluding diaryl/α,β-unsaturated/α-hetero) is 1. The third-order valence-electron chi connectivity index (χ3n) is 5.30. The van der Waals surface area contributed by atoms with E-state index in [0.717, 1.165) is 0 Å². The van der Waals surface area contributed by atoms with Crippen LogP contribution in [0.1, 0.15) is 17.2 Å². The number of pyridine rings is 1. The molecule has 1 amide bonds. The van der Waals surface area contributed by atoms with Crippen molar-refractivity contribution in [1.82, 2.24) is 4.98 Å². The van der Waals surface area contributed by atoms with Crippen molar-refractivity contribution < 1.29 is 24.2 Å². The van der Waals surface area contributed by atoms with E-state index in [-0.39, 0.29) is 21.9 Å². The van der Waals surface area contributed by atoms with Gasteiger partial charge in [-0.05, 0) is 48.0 Å². The highest BCUT2D eigenvalue weighted by Gasteiger charge is 2.47. The minimum absolute atomic E-state index is 0.110. The van der Waals surface area contributed by atoms with E-state index < -0.39 is 23.5 Å². The first-order valence-electron chi connectivity index (χ1n) is 9.75. The van der Waals surface area contributed by atoms with Gasteiger partial charge in [0.25, 0.3) is 11.7 Å². The fourth-order valence-electron chi connectivity index (χ4n) is 3.75. The number of rotatable bonds is 5. The van der Waals surface area contributed by atoms with Crippen LogP contribution in [0.25, 0.3) is 5.76 Å². The van der Waals surface area contributed by atoms with E-state index in [9.17, 15) is 14.7 Å². The van der Waals surface area contributed by atoms with E-state index in [0.29, 0.717) is 22.0 Å². The quantitative estimate of drug-likeness (QED) is 0.310. The molecule has 3 aromatic rings. The number of carbonyl (C=O) groups excluding carboxylic acids is 2. The second-order valence-corrected chi connectivity index (χ2v) is 7.96. The molecule has 7 nitrogen and oxygen atoms in total. The largest absolute Gasteiger partial charge is 0.507 e. The number of amides is 1. The number of ether oxygens (including phenoxy) is 2. The summed E-state index contributed by atoms with van der Waals surface area (Å²) in [5.74, 6) is -1.51. The van der Waals surface area contributed by atoms with Gasteiger partial charge < -0.3 is 14.6 Å². The maximum Gasteiger partial charge on any atom is 0.300 e. The van der Waals surface area contributed by atoms with Crippen LogP contribution in [0.3, 0.4) is 0 Å². The van der Waals surface area contributed by atoms with Crippen LogP contribution in [0.4, 0.5) is 5.69 Å². The van der Waals surface area contributed by atoms with Crippen LogP contribution in [0.5, 0.6) is 11.5 Å². The Kier molecular flexibility index (Phi) is 6.26. The molecular formula is C24H18Cl2N2O5. The number of carbonyl (C=O) groups is 2. The minimum atomic E-state index is -0.917. The summed E-state index contributed by atoms with van der Waals surface area (Å²) in [5, 5.41) is 12.0. The predicted octanol–water partition coefficient (Wildman–Crippen LogP) is 5.03. The average Bonchev–Trinajstić information content (AvgIpc) is 3.10. The first-order valence-corrected chi connectivity index (χ1v) is 10.5. The van der Waals surface area contributed by atoms with Gasteiger partial charge in [0, 0.05) is 29.2 Å². The zero-order chi connectivity index (χ0) is 23.7. The number of ketones is 1. The lowest BCUT2D eigenvalue weighted by Gasteiger charge is -2.25. The Morgan fingerprint density at radius 3 is 2.21 bits per heavy atom. The molecule has 1 atom stereocenters. The van der Waals surface area contributed by atoms with Gasteiger partial charge >= 0.3 is 0 Å². The predicted molar refractivity (Wildman–Crippen MR) is 125 cm³/mol. The Morgan fingerprint density at radius 2 is 1.61 bits per heavy atom. The smallest absolute Gasteiger partial charge is 0.300 e. The summed E-state index contributed by atoms with van der Waals surface area (Å²) in [6, 6.07) is 11.8. The van der Waals surface area contributed by atoms with Gasteiger partial charge in [-0.1, -0.05) is 23.2 Å². The highest BCUT2D eigenvalue weighted by atomic mass is 35.5. The number of aliphatic hydroxyl groups is 1. The lowest BCUT2D eigenvalue weighted by molar-refractivity contribution is -0.132. The van der Waals surface area contributed by atoms with Gasteiger partial charge in [0.2, 0.25) is 0 Å². The Balaban J connectivity index is 1.97. The highest BCUT2D eigenvalue weighted by molar-refractivity contribution is 6.51. The van der Waals surface area contributed by atoms with Crippen LogP contribution in [0.15, 0.2) is 66.5 Å². The molecule has 0 radical (unpaired) electrons. The Labute approximate surface area is 199 Å². The van der Waals surface area contributed by atoms with Gasteiger partial charge in [-0.15, -0.1) is 0 Å². The molecule has 33 heavy (non-hydrogen) atoms. The molecule has 0 spiro atoms. The van der Waals surface area contributed by atoms with Gasteiger partial charge in [-0.2, -0.15) is 0 Å². The Hall–Kier alpha value is -3.55. The maximum atomic E-state index is 13.2. The van der Waals surface area contributed by atoms with Gasteiger partial charge in [0.1, 0.15) is 17.3 Å². The molecule has 1 aromatic heterocycles. The van der Waals surface area contributed by atoms with Crippen LogP contribution >= 0.6 is 23.2 Å². The molecule has 1 saturated heterocycles. The summed E-state index contributed by atoms with van der Waals surface area (Å²) in [6.45, 7) is 0. The molecule has 1 aliphatic heterocycles. The molecule has 4 rings (SSSR count). The maximum absolute atomic E-state index is 13.2. The van der Waals surface area contributed by atoms with Gasteiger partial charge in [-0.3, -0.25) is 19.5 Å². The molecule has 0 bridgehead atoms. The fraction of sp³-hybridized carbons (Fsp3) is 0.125. The molecular weight excluding hydrogens is 467 g/mol. The molecule has 2 heterocycles. The van der Waals surface area contributed by atoms with Crippen molar-refractivity contribution in [1.29, 1.82) is 0 Å².